The van der Waals surface area contributed by atoms with Crippen LogP contribution in [-0.2, 0) is 24.0 Å². The highest BCUT2D eigenvalue weighted by molar-refractivity contribution is 6.01. The lowest BCUT2D eigenvalue weighted by Gasteiger charge is -2.20. The van der Waals surface area contributed by atoms with Crippen LogP contribution in [-0.4, -0.2) is 59.2 Å². The Bertz CT molecular complexity index is 543. The predicted molar refractivity (Wildman–Crippen MR) is 88.0 cm³/mol. The number of nitroso groups, excluding NO2 is 1. The number of nitrogens with one attached hydrogen (secondary N) is 1. The fourth-order valence-corrected chi connectivity index (χ4v) is 1.99. The van der Waals surface area contributed by atoms with Gasteiger partial charge in [-0.25, -0.2) is 9.59 Å². The topological polar surface area (TPSA) is 135 Å². The van der Waals surface area contributed by atoms with Gasteiger partial charge in [0.2, 0.25) is 0 Å². The highest BCUT2D eigenvalue weighted by Gasteiger charge is 2.32. The number of nitrogens with zero attached hydrogens (tertiary/aromatic N) is 3. The van der Waals surface area contributed by atoms with E-state index in [-0.39, 0.29) is 38.9 Å². The van der Waals surface area contributed by atoms with E-state index in [4.69, 9.17) is 4.74 Å². The largest absolute Gasteiger partial charge is 0.444 e. The Hall–Kier alpha value is -2.72. The zero-order valence-electron chi connectivity index (χ0n) is 15.1. The summed E-state index contributed by atoms with van der Waals surface area (Å²) < 4.78 is 5.06. The van der Waals surface area contributed by atoms with E-state index in [1.165, 1.54) is 0 Å². The number of carbonyl (C=O) groups is 4. The maximum Gasteiger partial charge on any atom is 0.407 e. The highest BCUT2D eigenvalue weighted by atomic mass is 16.7. The molecule has 0 aromatic heterocycles. The van der Waals surface area contributed by atoms with Crippen molar-refractivity contribution >= 4 is 23.9 Å². The summed E-state index contributed by atoms with van der Waals surface area (Å²) in [5, 5.41) is 6.86. The Morgan fingerprint density at radius 3 is 2.35 bits per heavy atom. The van der Waals surface area contributed by atoms with Crippen molar-refractivity contribution in [2.75, 3.05) is 19.6 Å². The second kappa shape index (κ2) is 9.68. The minimum atomic E-state index is -0.811. The van der Waals surface area contributed by atoms with Crippen LogP contribution in [0.1, 0.15) is 46.5 Å². The molecule has 0 saturated carbocycles. The molecule has 11 heteroatoms. The third-order valence-corrected chi connectivity index (χ3v) is 3.15. The van der Waals surface area contributed by atoms with E-state index in [0.29, 0.717) is 11.5 Å². The average Bonchev–Trinajstić information content (AvgIpc) is 2.84. The molecule has 1 fully saturated rings. The Morgan fingerprint density at radius 1 is 1.19 bits per heavy atom. The van der Waals surface area contributed by atoms with Gasteiger partial charge in [-0.05, 0) is 27.2 Å². The zero-order chi connectivity index (χ0) is 19.7. The molecular weight excluding hydrogens is 348 g/mol. The molecule has 0 atom stereocenters. The van der Waals surface area contributed by atoms with Gasteiger partial charge < -0.3 is 14.9 Å². The summed E-state index contributed by atoms with van der Waals surface area (Å²) >= 11 is 0. The minimum absolute atomic E-state index is 0.0127. The molecule has 1 saturated heterocycles. The van der Waals surface area contributed by atoms with Gasteiger partial charge in [0.15, 0.2) is 0 Å². The summed E-state index contributed by atoms with van der Waals surface area (Å²) in [5.74, 6) is -1.95. The SMILES string of the molecule is CC(C)(C)OC(=O)NCCCN(CCC(=O)ON1C(=O)CCC1=O)N=O. The van der Waals surface area contributed by atoms with Gasteiger partial charge in [0.05, 0.1) is 11.7 Å². The summed E-state index contributed by atoms with van der Waals surface area (Å²) in [4.78, 5) is 61.2. The molecule has 0 unspecified atom stereocenters. The Balaban J connectivity index is 2.23. The quantitative estimate of drug-likeness (QED) is 0.273. The molecule has 1 aliphatic rings. The van der Waals surface area contributed by atoms with Crippen molar-refractivity contribution < 1.29 is 28.8 Å². The number of amides is 3. The summed E-state index contributed by atoms with van der Waals surface area (Å²) in [6.45, 7) is 5.66. The van der Waals surface area contributed by atoms with Crippen LogP contribution >= 0.6 is 0 Å². The van der Waals surface area contributed by atoms with Crippen LogP contribution in [0.25, 0.3) is 0 Å². The first-order valence-electron chi connectivity index (χ1n) is 8.24. The molecule has 26 heavy (non-hydrogen) atoms. The van der Waals surface area contributed by atoms with Crippen molar-refractivity contribution in [2.45, 2.75) is 52.1 Å². The van der Waals surface area contributed by atoms with Crippen LogP contribution in [0, 0.1) is 4.91 Å². The first-order chi connectivity index (χ1) is 12.1. The van der Waals surface area contributed by atoms with Gasteiger partial charge in [0.1, 0.15) is 5.60 Å². The lowest BCUT2D eigenvalue weighted by Crippen LogP contribution is -2.34. The molecule has 0 spiro atoms. The van der Waals surface area contributed by atoms with Crippen molar-refractivity contribution in [3.63, 3.8) is 0 Å². The Labute approximate surface area is 150 Å². The molecule has 0 aromatic carbocycles. The summed E-state index contributed by atoms with van der Waals surface area (Å²) in [6.07, 6.45) is -0.352. The summed E-state index contributed by atoms with van der Waals surface area (Å²) in [7, 11) is 0. The number of alkyl carbamates (subject to hydrolysis) is 1. The van der Waals surface area contributed by atoms with E-state index in [1.807, 2.05) is 0 Å². The summed E-state index contributed by atoms with van der Waals surface area (Å²) in [5.41, 5.74) is -0.598. The van der Waals surface area contributed by atoms with Crippen LogP contribution in [0.5, 0.6) is 0 Å². The van der Waals surface area contributed by atoms with Crippen LogP contribution in [0.3, 0.4) is 0 Å². The molecule has 0 bridgehead atoms. The van der Waals surface area contributed by atoms with Crippen molar-refractivity contribution in [3.05, 3.63) is 4.91 Å². The molecule has 0 radical (unpaired) electrons. The molecule has 1 heterocycles. The van der Waals surface area contributed by atoms with E-state index >= 15 is 0 Å². The van der Waals surface area contributed by atoms with E-state index in [2.05, 4.69) is 15.4 Å². The molecule has 146 valence electrons. The van der Waals surface area contributed by atoms with Gasteiger partial charge in [-0.15, -0.1) is 9.97 Å². The second-order valence-electron chi connectivity index (χ2n) is 6.61. The number of ether oxygens (including phenoxy) is 1. The fraction of sp³-hybridized carbons (Fsp3) is 0.733. The molecular formula is C15H24N4O7. The van der Waals surface area contributed by atoms with E-state index in [0.717, 1.165) is 5.01 Å². The fourth-order valence-electron chi connectivity index (χ4n) is 1.99. The number of hydrogen-bond acceptors (Lipinski definition) is 8. The van der Waals surface area contributed by atoms with Crippen LogP contribution < -0.4 is 5.32 Å². The van der Waals surface area contributed by atoms with Gasteiger partial charge in [0.25, 0.3) is 11.8 Å². The molecule has 11 nitrogen and oxygen atoms in total. The number of hydroxylamine groups is 2. The smallest absolute Gasteiger partial charge is 0.407 e. The van der Waals surface area contributed by atoms with Crippen molar-refractivity contribution in [1.82, 2.24) is 15.4 Å². The van der Waals surface area contributed by atoms with Crippen LogP contribution in [0.4, 0.5) is 4.79 Å². The number of hydrogen-bond donors (Lipinski definition) is 1. The monoisotopic (exact) mass is 372 g/mol. The lowest BCUT2D eigenvalue weighted by atomic mass is 10.2. The van der Waals surface area contributed by atoms with Gasteiger partial charge in [-0.1, -0.05) is 0 Å². The van der Waals surface area contributed by atoms with Crippen LogP contribution in [0.2, 0.25) is 0 Å². The second-order valence-corrected chi connectivity index (χ2v) is 6.61. The van der Waals surface area contributed by atoms with E-state index in [1.54, 1.807) is 20.8 Å². The first kappa shape index (κ1) is 21.3. The third kappa shape index (κ3) is 7.90. The Kier molecular flexibility index (Phi) is 7.94. The zero-order valence-corrected chi connectivity index (χ0v) is 15.1. The van der Waals surface area contributed by atoms with Crippen LogP contribution in [0.15, 0.2) is 5.29 Å². The number of carbonyl (C=O) groups excluding carboxylic acids is 4. The number of imide groups is 1. The third-order valence-electron chi connectivity index (χ3n) is 3.15. The molecule has 1 aliphatic heterocycles. The summed E-state index contributed by atoms with van der Waals surface area (Å²) in [6, 6.07) is 0. The maximum absolute atomic E-state index is 11.7. The molecule has 0 aromatic rings. The Morgan fingerprint density at radius 2 is 1.81 bits per heavy atom. The molecule has 1 N–H and O–H groups in total. The lowest BCUT2D eigenvalue weighted by molar-refractivity contribution is -0.197. The molecule has 0 aliphatic carbocycles. The number of rotatable bonds is 9. The van der Waals surface area contributed by atoms with Gasteiger partial charge in [0, 0.05) is 32.5 Å². The van der Waals surface area contributed by atoms with Crippen molar-refractivity contribution in [1.29, 1.82) is 0 Å². The van der Waals surface area contributed by atoms with Crippen molar-refractivity contribution in [3.8, 4) is 0 Å². The van der Waals surface area contributed by atoms with E-state index < -0.39 is 29.5 Å². The normalized spacial score (nSPS) is 14.2. The predicted octanol–water partition coefficient (Wildman–Crippen LogP) is 0.882. The van der Waals surface area contributed by atoms with E-state index in [9.17, 15) is 24.1 Å². The van der Waals surface area contributed by atoms with Gasteiger partial charge in [-0.2, -0.15) is 0 Å². The highest BCUT2D eigenvalue weighted by Crippen LogP contribution is 2.12. The molecule has 1 rings (SSSR count). The minimum Gasteiger partial charge on any atom is -0.444 e. The standard InChI is InChI=1S/C15H24N4O7/c1-15(2,3)25-14(23)16-8-4-9-18(17-24)10-7-13(22)26-19-11(20)5-6-12(19)21/h4-10H2,1-3H3,(H,16,23). The van der Waals surface area contributed by atoms with Gasteiger partial charge >= 0.3 is 12.1 Å². The van der Waals surface area contributed by atoms with Gasteiger partial charge in [-0.3, -0.25) is 14.6 Å². The average molecular weight is 372 g/mol. The first-order valence-corrected chi connectivity index (χ1v) is 8.24. The maximum atomic E-state index is 11.7. The van der Waals surface area contributed by atoms with Crippen molar-refractivity contribution in [2.24, 2.45) is 5.29 Å². The molecule has 3 amide bonds.